The van der Waals surface area contributed by atoms with Gasteiger partial charge in [0.1, 0.15) is 12.4 Å². The summed E-state index contributed by atoms with van der Waals surface area (Å²) in [6, 6.07) is 0. The molecular weight excluding hydrogens is 460 g/mol. The van der Waals surface area contributed by atoms with Gasteiger partial charge in [0, 0.05) is 6.42 Å². The maximum absolute atomic E-state index is 2.57. The summed E-state index contributed by atoms with van der Waals surface area (Å²) in [5.41, 5.74) is 0. The predicted octanol–water partition coefficient (Wildman–Crippen LogP) is 11.9. The summed E-state index contributed by atoms with van der Waals surface area (Å²) in [6.45, 7) is 9.24. The van der Waals surface area contributed by atoms with E-state index in [-0.39, 0.29) is 0 Å². The van der Waals surface area contributed by atoms with E-state index < -0.39 is 0 Å². The molecule has 1 heterocycles. The largest absolute Gasteiger partial charge is 0.256 e. The van der Waals surface area contributed by atoms with Crippen molar-refractivity contribution in [3.8, 4) is 0 Å². The van der Waals surface area contributed by atoms with Crippen LogP contribution in [0.25, 0.3) is 0 Å². The van der Waals surface area contributed by atoms with Crippen LogP contribution in [-0.2, 0) is 19.5 Å². The molecule has 2 heteroatoms. The van der Waals surface area contributed by atoms with E-state index in [9.17, 15) is 0 Å². The van der Waals surface area contributed by atoms with Crippen molar-refractivity contribution < 1.29 is 4.57 Å². The quantitative estimate of drug-likeness (QED) is 0.0689. The number of unbranched alkanes of at least 4 members (excludes halogenated alkanes) is 25. The summed E-state index contributed by atoms with van der Waals surface area (Å²) >= 11 is 0. The molecule has 0 aromatic carbocycles. The molecule has 0 amide bonds. The standard InChI is InChI=1S/C36H71N2/c1-4-7-9-11-13-15-17-19-20-21-23-25-27-29-31-33-38-35-34-37(6-3)36(38)32-30-28-26-24-22-18-16-14-12-10-8-5-2/h34-35H,4-33H2,1-3H3/q+1. The number of aryl methyl sites for hydroxylation is 2. The average Bonchev–Trinajstić information content (AvgIpc) is 3.33. The van der Waals surface area contributed by atoms with E-state index in [1.165, 1.54) is 186 Å². The molecule has 0 radical (unpaired) electrons. The maximum atomic E-state index is 2.57. The number of hydrogen-bond acceptors (Lipinski definition) is 0. The van der Waals surface area contributed by atoms with Gasteiger partial charge in [0.25, 0.3) is 5.82 Å². The lowest BCUT2D eigenvalue weighted by Crippen LogP contribution is -2.36. The molecule has 38 heavy (non-hydrogen) atoms. The van der Waals surface area contributed by atoms with E-state index in [4.69, 9.17) is 0 Å². The zero-order valence-electron chi connectivity index (χ0n) is 26.8. The molecule has 0 aliphatic rings. The minimum absolute atomic E-state index is 1.11. The van der Waals surface area contributed by atoms with E-state index in [0.717, 1.165) is 6.54 Å². The van der Waals surface area contributed by atoms with Gasteiger partial charge in [0.15, 0.2) is 0 Å². The lowest BCUT2D eigenvalue weighted by molar-refractivity contribution is -0.700. The van der Waals surface area contributed by atoms with Crippen molar-refractivity contribution in [2.45, 2.75) is 214 Å². The van der Waals surface area contributed by atoms with Gasteiger partial charge >= 0.3 is 0 Å². The van der Waals surface area contributed by atoms with Crippen molar-refractivity contribution in [1.29, 1.82) is 0 Å². The molecule has 0 aliphatic carbocycles. The van der Waals surface area contributed by atoms with Crippen molar-refractivity contribution in [2.75, 3.05) is 0 Å². The number of imidazole rings is 1. The fraction of sp³-hybridized carbons (Fsp3) is 0.917. The van der Waals surface area contributed by atoms with Crippen molar-refractivity contribution in [1.82, 2.24) is 4.57 Å². The van der Waals surface area contributed by atoms with Crippen LogP contribution in [0.2, 0.25) is 0 Å². The van der Waals surface area contributed by atoms with Crippen LogP contribution in [0.3, 0.4) is 0 Å². The molecule has 0 N–H and O–H groups in total. The number of rotatable bonds is 30. The summed E-state index contributed by atoms with van der Waals surface area (Å²) < 4.78 is 5.06. The zero-order valence-corrected chi connectivity index (χ0v) is 26.8. The number of nitrogens with zero attached hydrogens (tertiary/aromatic N) is 2. The molecule has 0 aliphatic heterocycles. The number of hydrogen-bond donors (Lipinski definition) is 0. The van der Waals surface area contributed by atoms with Crippen LogP contribution < -0.4 is 4.57 Å². The van der Waals surface area contributed by atoms with Crippen LogP contribution in [0.5, 0.6) is 0 Å². The van der Waals surface area contributed by atoms with E-state index in [0.29, 0.717) is 0 Å². The highest BCUT2D eigenvalue weighted by atomic mass is 15.1. The van der Waals surface area contributed by atoms with Crippen LogP contribution in [0.1, 0.15) is 200 Å². The first kappa shape index (κ1) is 35.2. The van der Waals surface area contributed by atoms with Gasteiger partial charge in [-0.15, -0.1) is 0 Å². The van der Waals surface area contributed by atoms with Gasteiger partial charge < -0.3 is 0 Å². The molecular formula is C36H71N2+. The summed E-state index contributed by atoms with van der Waals surface area (Å²) in [5, 5.41) is 0. The highest BCUT2D eigenvalue weighted by Gasteiger charge is 2.15. The Morgan fingerprint density at radius 1 is 0.447 bits per heavy atom. The van der Waals surface area contributed by atoms with Gasteiger partial charge in [0.05, 0.1) is 13.1 Å². The summed E-state index contributed by atoms with van der Waals surface area (Å²) in [6.07, 6.45) is 44.8. The normalized spacial score (nSPS) is 11.6. The van der Waals surface area contributed by atoms with Gasteiger partial charge in [-0.1, -0.05) is 168 Å². The van der Waals surface area contributed by atoms with Crippen molar-refractivity contribution in [3.05, 3.63) is 18.2 Å². The second kappa shape index (κ2) is 27.8. The van der Waals surface area contributed by atoms with Crippen LogP contribution in [-0.4, -0.2) is 4.57 Å². The van der Waals surface area contributed by atoms with Crippen molar-refractivity contribution >= 4 is 0 Å². The highest BCUT2D eigenvalue weighted by molar-refractivity contribution is 4.84. The van der Waals surface area contributed by atoms with Gasteiger partial charge in [-0.25, -0.2) is 9.13 Å². The minimum atomic E-state index is 1.11. The third-order valence-electron chi connectivity index (χ3n) is 8.69. The van der Waals surface area contributed by atoms with Crippen molar-refractivity contribution in [3.63, 3.8) is 0 Å². The van der Waals surface area contributed by atoms with E-state index in [1.54, 1.807) is 5.82 Å². The Kier molecular flexibility index (Phi) is 25.7. The van der Waals surface area contributed by atoms with Gasteiger partial charge in [-0.3, -0.25) is 0 Å². The number of aromatic nitrogens is 2. The van der Waals surface area contributed by atoms with Crippen LogP contribution >= 0.6 is 0 Å². The summed E-state index contributed by atoms with van der Waals surface area (Å²) in [4.78, 5) is 0. The molecule has 0 unspecified atom stereocenters. The molecule has 0 fully saturated rings. The Morgan fingerprint density at radius 2 is 0.789 bits per heavy atom. The lowest BCUT2D eigenvalue weighted by atomic mass is 10.0. The Hall–Kier alpha value is -0.790. The monoisotopic (exact) mass is 532 g/mol. The third kappa shape index (κ3) is 20.2. The fourth-order valence-corrected chi connectivity index (χ4v) is 6.05. The lowest BCUT2D eigenvalue weighted by Gasteiger charge is -2.06. The Morgan fingerprint density at radius 3 is 1.16 bits per heavy atom. The first-order valence-corrected chi connectivity index (χ1v) is 17.9. The second-order valence-electron chi connectivity index (χ2n) is 12.3. The minimum Gasteiger partial charge on any atom is -0.235 e. The molecule has 0 atom stereocenters. The van der Waals surface area contributed by atoms with Gasteiger partial charge in [-0.2, -0.15) is 0 Å². The average molecular weight is 532 g/mol. The maximum Gasteiger partial charge on any atom is 0.256 e. The summed E-state index contributed by atoms with van der Waals surface area (Å²) in [7, 11) is 0. The topological polar surface area (TPSA) is 8.81 Å². The molecule has 224 valence electrons. The Bertz CT molecular complexity index is 590. The molecule has 0 spiro atoms. The predicted molar refractivity (Wildman–Crippen MR) is 170 cm³/mol. The highest BCUT2D eigenvalue weighted by Crippen LogP contribution is 2.15. The SMILES string of the molecule is CCCCCCCCCCCCCCCCCn1cc[n+](CC)c1CCCCCCCCCCCCCC. The van der Waals surface area contributed by atoms with Gasteiger partial charge in [-0.05, 0) is 26.2 Å². The molecule has 1 aromatic heterocycles. The fourth-order valence-electron chi connectivity index (χ4n) is 6.05. The summed E-state index contributed by atoms with van der Waals surface area (Å²) in [5.74, 6) is 1.57. The van der Waals surface area contributed by atoms with E-state index in [1.807, 2.05) is 0 Å². The molecule has 0 bridgehead atoms. The van der Waals surface area contributed by atoms with E-state index in [2.05, 4.69) is 42.3 Å². The van der Waals surface area contributed by atoms with Gasteiger partial charge in [0.2, 0.25) is 0 Å². The van der Waals surface area contributed by atoms with Crippen LogP contribution in [0.15, 0.2) is 12.4 Å². The third-order valence-corrected chi connectivity index (χ3v) is 8.69. The molecule has 0 saturated carbocycles. The first-order valence-electron chi connectivity index (χ1n) is 17.9. The Balaban J connectivity index is 1.99. The van der Waals surface area contributed by atoms with Crippen LogP contribution in [0, 0.1) is 0 Å². The molecule has 2 nitrogen and oxygen atoms in total. The Labute approximate surface area is 240 Å². The smallest absolute Gasteiger partial charge is 0.235 e. The molecule has 1 aromatic rings. The first-order chi connectivity index (χ1) is 18.8. The van der Waals surface area contributed by atoms with E-state index >= 15 is 0 Å². The molecule has 1 rings (SSSR count). The second-order valence-corrected chi connectivity index (χ2v) is 12.3. The van der Waals surface area contributed by atoms with Crippen molar-refractivity contribution in [2.24, 2.45) is 0 Å². The molecule has 0 saturated heterocycles. The zero-order chi connectivity index (χ0) is 27.4. The van der Waals surface area contributed by atoms with Crippen LogP contribution in [0.4, 0.5) is 0 Å².